The minimum absolute atomic E-state index is 0.0328. The van der Waals surface area contributed by atoms with Gasteiger partial charge in [-0.25, -0.2) is 14.2 Å². The molecule has 0 amide bonds. The molecule has 3 N–H and O–H groups in total. The van der Waals surface area contributed by atoms with Crippen molar-refractivity contribution in [2.45, 2.75) is 6.54 Å². The molecule has 20 heavy (non-hydrogen) atoms. The lowest BCUT2D eigenvalue weighted by molar-refractivity contribution is 0.0696. The van der Waals surface area contributed by atoms with Crippen LogP contribution >= 0.6 is 0 Å². The number of carboxylic acid groups (broad SMARTS) is 1. The van der Waals surface area contributed by atoms with Crippen LogP contribution in [-0.4, -0.2) is 23.1 Å². The molecule has 5 nitrogen and oxygen atoms in total. The van der Waals surface area contributed by atoms with E-state index in [1.54, 1.807) is 24.1 Å². The molecule has 0 aliphatic heterocycles. The Hall–Kier alpha value is -2.63. The van der Waals surface area contributed by atoms with Gasteiger partial charge in [0.1, 0.15) is 5.82 Å². The smallest absolute Gasteiger partial charge is 0.337 e. The van der Waals surface area contributed by atoms with Crippen LogP contribution in [0.4, 0.5) is 15.9 Å². The molecule has 2 aromatic rings. The van der Waals surface area contributed by atoms with Crippen LogP contribution in [0.15, 0.2) is 36.5 Å². The second-order valence-corrected chi connectivity index (χ2v) is 4.43. The second-order valence-electron chi connectivity index (χ2n) is 4.43. The molecule has 0 aliphatic rings. The normalized spacial score (nSPS) is 10.3. The van der Waals surface area contributed by atoms with E-state index >= 15 is 0 Å². The first-order valence-corrected chi connectivity index (χ1v) is 5.92. The first kappa shape index (κ1) is 13.8. The van der Waals surface area contributed by atoms with E-state index < -0.39 is 5.97 Å². The first-order chi connectivity index (χ1) is 9.47. The summed E-state index contributed by atoms with van der Waals surface area (Å²) in [6.45, 7) is 0.418. The lowest BCUT2D eigenvalue weighted by Gasteiger charge is -2.20. The summed E-state index contributed by atoms with van der Waals surface area (Å²) in [4.78, 5) is 16.6. The van der Waals surface area contributed by atoms with Crippen molar-refractivity contribution in [1.29, 1.82) is 0 Å². The number of nitrogens with two attached hydrogens (primary N) is 1. The summed E-state index contributed by atoms with van der Waals surface area (Å²) in [7, 11) is 1.75. The van der Waals surface area contributed by atoms with Gasteiger partial charge in [0.2, 0.25) is 0 Å². The van der Waals surface area contributed by atoms with Crippen LogP contribution in [0.25, 0.3) is 0 Å². The van der Waals surface area contributed by atoms with E-state index in [0.29, 0.717) is 12.4 Å². The summed E-state index contributed by atoms with van der Waals surface area (Å²) >= 11 is 0. The fourth-order valence-electron chi connectivity index (χ4n) is 1.89. The number of hydrogen-bond donors (Lipinski definition) is 2. The molecular formula is C14H14FN3O2. The average molecular weight is 275 g/mol. The number of halogens is 1. The summed E-state index contributed by atoms with van der Waals surface area (Å²) in [6, 6.07) is 7.58. The molecule has 0 saturated carbocycles. The standard InChI is InChI=1S/C14H14FN3O2/c1-18(8-9-3-2-4-11(15)5-9)13-12(16)6-10(7-17-13)14(19)20/h2-7H,8,16H2,1H3,(H,19,20). The number of carboxylic acids is 1. The highest BCUT2D eigenvalue weighted by Crippen LogP contribution is 2.21. The number of nitrogens with zero attached hydrogens (tertiary/aromatic N) is 2. The lowest BCUT2D eigenvalue weighted by atomic mass is 10.2. The Balaban J connectivity index is 2.21. The molecule has 0 aliphatic carbocycles. The fraction of sp³-hybridized carbons (Fsp3) is 0.143. The molecule has 1 aromatic carbocycles. The molecule has 0 saturated heterocycles. The number of carbonyl (C=O) groups is 1. The largest absolute Gasteiger partial charge is 0.478 e. The Bertz CT molecular complexity index is 646. The highest BCUT2D eigenvalue weighted by Gasteiger charge is 2.11. The third kappa shape index (κ3) is 3.03. The first-order valence-electron chi connectivity index (χ1n) is 5.92. The predicted octanol–water partition coefficient (Wildman–Crippen LogP) is 2.14. The molecular weight excluding hydrogens is 261 g/mol. The molecule has 6 heteroatoms. The van der Waals surface area contributed by atoms with Gasteiger partial charge in [-0.1, -0.05) is 12.1 Å². The number of pyridine rings is 1. The monoisotopic (exact) mass is 275 g/mol. The Labute approximate surface area is 115 Å². The molecule has 0 fully saturated rings. The van der Waals surface area contributed by atoms with Crippen LogP contribution in [0.3, 0.4) is 0 Å². The molecule has 0 spiro atoms. The Morgan fingerprint density at radius 2 is 2.20 bits per heavy atom. The number of benzene rings is 1. The zero-order valence-electron chi connectivity index (χ0n) is 10.9. The van der Waals surface area contributed by atoms with E-state index in [1.807, 2.05) is 0 Å². The summed E-state index contributed by atoms with van der Waals surface area (Å²) in [6.07, 6.45) is 1.25. The van der Waals surface area contributed by atoms with Crippen molar-refractivity contribution in [3.8, 4) is 0 Å². The van der Waals surface area contributed by atoms with Gasteiger partial charge in [-0.05, 0) is 23.8 Å². The molecule has 0 atom stereocenters. The zero-order valence-corrected chi connectivity index (χ0v) is 10.9. The maximum Gasteiger partial charge on any atom is 0.337 e. The van der Waals surface area contributed by atoms with Crippen molar-refractivity contribution in [3.05, 3.63) is 53.5 Å². The number of hydrogen-bond acceptors (Lipinski definition) is 4. The SMILES string of the molecule is CN(Cc1cccc(F)c1)c1ncc(C(=O)O)cc1N. The van der Waals surface area contributed by atoms with E-state index in [2.05, 4.69) is 4.98 Å². The van der Waals surface area contributed by atoms with Crippen LogP contribution in [-0.2, 0) is 6.54 Å². The Kier molecular flexibility index (Phi) is 3.84. The molecule has 0 radical (unpaired) electrons. The number of aromatic carboxylic acids is 1. The van der Waals surface area contributed by atoms with E-state index in [0.717, 1.165) is 5.56 Å². The molecule has 0 unspecified atom stereocenters. The van der Waals surface area contributed by atoms with Crippen molar-refractivity contribution >= 4 is 17.5 Å². The number of aromatic nitrogens is 1. The van der Waals surface area contributed by atoms with Crippen LogP contribution in [0.2, 0.25) is 0 Å². The van der Waals surface area contributed by atoms with Gasteiger partial charge in [0.05, 0.1) is 11.3 Å². The number of nitrogen functional groups attached to an aromatic ring is 1. The van der Waals surface area contributed by atoms with Gasteiger partial charge in [0.25, 0.3) is 0 Å². The van der Waals surface area contributed by atoms with Gasteiger partial charge in [0, 0.05) is 19.8 Å². The zero-order chi connectivity index (χ0) is 14.7. The fourth-order valence-corrected chi connectivity index (χ4v) is 1.89. The van der Waals surface area contributed by atoms with Crippen LogP contribution < -0.4 is 10.6 Å². The molecule has 1 heterocycles. The third-order valence-electron chi connectivity index (χ3n) is 2.81. The Morgan fingerprint density at radius 3 is 2.80 bits per heavy atom. The molecule has 0 bridgehead atoms. The maximum absolute atomic E-state index is 13.1. The summed E-state index contributed by atoms with van der Waals surface area (Å²) in [5.41, 5.74) is 6.88. The van der Waals surface area contributed by atoms with E-state index in [1.165, 1.54) is 24.4 Å². The quantitative estimate of drug-likeness (QED) is 0.893. The molecule has 104 valence electrons. The van der Waals surface area contributed by atoms with Crippen molar-refractivity contribution in [2.24, 2.45) is 0 Å². The third-order valence-corrected chi connectivity index (χ3v) is 2.81. The van der Waals surface area contributed by atoms with Gasteiger partial charge in [-0.15, -0.1) is 0 Å². The average Bonchev–Trinajstić information content (AvgIpc) is 2.38. The second kappa shape index (κ2) is 5.56. The molecule has 1 aromatic heterocycles. The van der Waals surface area contributed by atoms with E-state index in [-0.39, 0.29) is 17.1 Å². The topological polar surface area (TPSA) is 79.5 Å². The minimum atomic E-state index is -1.08. The highest BCUT2D eigenvalue weighted by atomic mass is 19.1. The van der Waals surface area contributed by atoms with Gasteiger partial charge in [-0.2, -0.15) is 0 Å². The van der Waals surface area contributed by atoms with Crippen LogP contribution in [0.1, 0.15) is 15.9 Å². The van der Waals surface area contributed by atoms with Gasteiger partial charge in [0.15, 0.2) is 5.82 Å². The van der Waals surface area contributed by atoms with Crippen LogP contribution in [0, 0.1) is 5.82 Å². The van der Waals surface area contributed by atoms with Gasteiger partial charge >= 0.3 is 5.97 Å². The number of rotatable bonds is 4. The van der Waals surface area contributed by atoms with E-state index in [9.17, 15) is 9.18 Å². The number of anilines is 2. The molecule has 2 rings (SSSR count). The summed E-state index contributed by atoms with van der Waals surface area (Å²) in [5.74, 6) is -0.930. The summed E-state index contributed by atoms with van der Waals surface area (Å²) < 4.78 is 13.1. The van der Waals surface area contributed by atoms with Crippen molar-refractivity contribution in [2.75, 3.05) is 17.7 Å². The van der Waals surface area contributed by atoms with Crippen molar-refractivity contribution in [1.82, 2.24) is 4.98 Å². The van der Waals surface area contributed by atoms with Crippen molar-refractivity contribution < 1.29 is 14.3 Å². The summed E-state index contributed by atoms with van der Waals surface area (Å²) in [5, 5.41) is 8.85. The van der Waals surface area contributed by atoms with Gasteiger partial charge in [-0.3, -0.25) is 0 Å². The Morgan fingerprint density at radius 1 is 1.45 bits per heavy atom. The highest BCUT2D eigenvalue weighted by molar-refractivity contribution is 5.89. The van der Waals surface area contributed by atoms with Crippen molar-refractivity contribution in [3.63, 3.8) is 0 Å². The van der Waals surface area contributed by atoms with Crippen LogP contribution in [0.5, 0.6) is 0 Å². The maximum atomic E-state index is 13.1. The van der Waals surface area contributed by atoms with E-state index in [4.69, 9.17) is 10.8 Å². The predicted molar refractivity (Wildman–Crippen MR) is 74.1 cm³/mol. The lowest BCUT2D eigenvalue weighted by Crippen LogP contribution is -2.19. The van der Waals surface area contributed by atoms with Gasteiger partial charge < -0.3 is 15.7 Å². The minimum Gasteiger partial charge on any atom is -0.478 e.